The fraction of sp³-hybridized carbons (Fsp3) is 0.800. The van der Waals surface area contributed by atoms with Gasteiger partial charge < -0.3 is 9.47 Å². The van der Waals surface area contributed by atoms with E-state index in [-0.39, 0.29) is 6.04 Å². The molecule has 0 spiro atoms. The largest absolute Gasteiger partial charge is 0.341 e. The summed E-state index contributed by atoms with van der Waals surface area (Å²) in [5.74, 6) is 3.04. The molecule has 1 amide bonds. The minimum absolute atomic E-state index is 0.0359. The zero-order chi connectivity index (χ0) is 17.2. The molecule has 1 aromatic heterocycles. The first kappa shape index (κ1) is 17.1. The van der Waals surface area contributed by atoms with Gasteiger partial charge in [-0.05, 0) is 64.5 Å². The second kappa shape index (κ2) is 7.48. The van der Waals surface area contributed by atoms with Crippen LogP contribution >= 0.6 is 0 Å². The maximum absolute atomic E-state index is 12.6. The Morgan fingerprint density at radius 3 is 2.48 bits per heavy atom. The van der Waals surface area contributed by atoms with Gasteiger partial charge in [0.05, 0.1) is 6.04 Å². The minimum Gasteiger partial charge on any atom is -0.341 e. The molecule has 5 nitrogen and oxygen atoms in total. The lowest BCUT2D eigenvalue weighted by Gasteiger charge is -2.37. The summed E-state index contributed by atoms with van der Waals surface area (Å²) >= 11 is 0. The van der Waals surface area contributed by atoms with Crippen molar-refractivity contribution in [2.75, 3.05) is 26.2 Å². The summed E-state index contributed by atoms with van der Waals surface area (Å²) < 4.78 is 2.41. The molecule has 2 saturated heterocycles. The van der Waals surface area contributed by atoms with Gasteiger partial charge >= 0.3 is 0 Å². The SMILES string of the molecule is C[C@H](C(=O)N1CCCC1)N1CCC(c2nccn2CC2CCC2)CC1. The highest BCUT2D eigenvalue weighted by atomic mass is 16.2. The van der Waals surface area contributed by atoms with Crippen LogP contribution in [-0.4, -0.2) is 57.5 Å². The van der Waals surface area contributed by atoms with E-state index in [4.69, 9.17) is 0 Å². The van der Waals surface area contributed by atoms with Gasteiger partial charge in [-0.1, -0.05) is 6.42 Å². The number of imidazole rings is 1. The van der Waals surface area contributed by atoms with E-state index in [9.17, 15) is 4.79 Å². The third-order valence-corrected chi connectivity index (χ3v) is 6.64. The molecule has 25 heavy (non-hydrogen) atoms. The van der Waals surface area contributed by atoms with Crippen molar-refractivity contribution in [3.8, 4) is 0 Å². The monoisotopic (exact) mass is 344 g/mol. The number of nitrogens with zero attached hydrogens (tertiary/aromatic N) is 4. The van der Waals surface area contributed by atoms with Crippen molar-refractivity contribution in [1.82, 2.24) is 19.4 Å². The lowest BCUT2D eigenvalue weighted by molar-refractivity contribution is -0.135. The average Bonchev–Trinajstić information content (AvgIpc) is 3.28. The van der Waals surface area contributed by atoms with Gasteiger partial charge in [0, 0.05) is 37.9 Å². The number of carbonyl (C=O) groups is 1. The summed E-state index contributed by atoms with van der Waals surface area (Å²) in [5, 5.41) is 0. The van der Waals surface area contributed by atoms with Crippen LogP contribution in [0.4, 0.5) is 0 Å². The number of amides is 1. The zero-order valence-corrected chi connectivity index (χ0v) is 15.6. The van der Waals surface area contributed by atoms with E-state index < -0.39 is 0 Å². The summed E-state index contributed by atoms with van der Waals surface area (Å²) in [6.07, 6.45) is 12.9. The van der Waals surface area contributed by atoms with Crippen molar-refractivity contribution in [3.63, 3.8) is 0 Å². The molecular weight excluding hydrogens is 312 g/mol. The highest BCUT2D eigenvalue weighted by Gasteiger charge is 2.32. The van der Waals surface area contributed by atoms with Gasteiger partial charge in [-0.15, -0.1) is 0 Å². The van der Waals surface area contributed by atoms with E-state index in [1.807, 2.05) is 6.20 Å². The van der Waals surface area contributed by atoms with Gasteiger partial charge in [0.25, 0.3) is 0 Å². The van der Waals surface area contributed by atoms with E-state index in [2.05, 4.69) is 32.5 Å². The molecule has 3 fully saturated rings. The van der Waals surface area contributed by atoms with Gasteiger partial charge in [0.15, 0.2) is 0 Å². The highest BCUT2D eigenvalue weighted by molar-refractivity contribution is 5.81. The number of likely N-dealkylation sites (tertiary alicyclic amines) is 2. The first-order chi connectivity index (χ1) is 12.2. The Kier molecular flexibility index (Phi) is 5.11. The van der Waals surface area contributed by atoms with Crippen LogP contribution in [0.3, 0.4) is 0 Å². The Hall–Kier alpha value is -1.36. The molecule has 1 aromatic rings. The predicted octanol–water partition coefficient (Wildman–Crippen LogP) is 2.87. The molecule has 4 rings (SSSR count). The van der Waals surface area contributed by atoms with Crippen molar-refractivity contribution >= 4 is 5.91 Å². The van der Waals surface area contributed by atoms with Crippen molar-refractivity contribution in [1.29, 1.82) is 0 Å². The first-order valence-electron chi connectivity index (χ1n) is 10.3. The molecule has 1 atom stereocenters. The number of carbonyl (C=O) groups excluding carboxylic acids is 1. The van der Waals surface area contributed by atoms with Crippen LogP contribution < -0.4 is 0 Å². The lowest BCUT2D eigenvalue weighted by atomic mass is 9.85. The molecule has 0 aromatic carbocycles. The third kappa shape index (κ3) is 3.62. The Morgan fingerprint density at radius 1 is 1.12 bits per heavy atom. The first-order valence-corrected chi connectivity index (χ1v) is 10.3. The molecule has 2 aliphatic heterocycles. The molecule has 0 bridgehead atoms. The number of hydrogen-bond donors (Lipinski definition) is 0. The van der Waals surface area contributed by atoms with Crippen LogP contribution in [0.25, 0.3) is 0 Å². The zero-order valence-electron chi connectivity index (χ0n) is 15.6. The molecule has 138 valence electrons. The number of hydrogen-bond acceptors (Lipinski definition) is 3. The maximum Gasteiger partial charge on any atom is 0.239 e. The molecule has 1 aliphatic carbocycles. The van der Waals surface area contributed by atoms with E-state index in [1.54, 1.807) is 0 Å². The van der Waals surface area contributed by atoms with Crippen LogP contribution in [0.15, 0.2) is 12.4 Å². The predicted molar refractivity (Wildman–Crippen MR) is 98.4 cm³/mol. The highest BCUT2D eigenvalue weighted by Crippen LogP contribution is 2.32. The number of rotatable bonds is 5. The van der Waals surface area contributed by atoms with E-state index in [0.717, 1.165) is 51.5 Å². The van der Waals surface area contributed by atoms with Gasteiger partial charge in [-0.25, -0.2) is 4.98 Å². The summed E-state index contributed by atoms with van der Waals surface area (Å²) in [6.45, 7) is 7.19. The lowest BCUT2D eigenvalue weighted by Crippen LogP contribution is -2.49. The Labute approximate surface area is 151 Å². The molecule has 0 radical (unpaired) electrons. The summed E-state index contributed by atoms with van der Waals surface area (Å²) in [7, 11) is 0. The maximum atomic E-state index is 12.6. The van der Waals surface area contributed by atoms with Crippen molar-refractivity contribution in [2.24, 2.45) is 5.92 Å². The van der Waals surface area contributed by atoms with Crippen molar-refractivity contribution in [2.45, 2.75) is 70.4 Å². The molecule has 0 unspecified atom stereocenters. The Balaban J connectivity index is 1.32. The quantitative estimate of drug-likeness (QED) is 0.825. The standard InChI is InChI=1S/C20H32N4O/c1-16(20(25)23-10-2-3-11-23)22-12-7-18(8-13-22)19-21-9-14-24(19)15-17-5-4-6-17/h9,14,16-18H,2-8,10-13,15H2,1H3/t16-/m1/s1. The van der Waals surface area contributed by atoms with Crippen LogP contribution in [0.2, 0.25) is 0 Å². The Morgan fingerprint density at radius 2 is 1.84 bits per heavy atom. The molecule has 0 N–H and O–H groups in total. The van der Waals surface area contributed by atoms with Crippen LogP contribution in [0, 0.1) is 5.92 Å². The average molecular weight is 345 g/mol. The van der Waals surface area contributed by atoms with Crippen LogP contribution in [-0.2, 0) is 11.3 Å². The molecule has 3 heterocycles. The minimum atomic E-state index is 0.0359. The summed E-state index contributed by atoms with van der Waals surface area (Å²) in [6, 6.07) is 0.0359. The normalized spacial score (nSPS) is 24.4. The second-order valence-corrected chi connectivity index (χ2v) is 8.25. The topological polar surface area (TPSA) is 41.4 Å². The fourth-order valence-electron chi connectivity index (χ4n) is 4.69. The molecule has 3 aliphatic rings. The molecule has 1 saturated carbocycles. The number of piperidine rings is 1. The smallest absolute Gasteiger partial charge is 0.239 e. The van der Waals surface area contributed by atoms with Crippen LogP contribution in [0.5, 0.6) is 0 Å². The van der Waals surface area contributed by atoms with E-state index in [1.165, 1.54) is 37.9 Å². The van der Waals surface area contributed by atoms with Crippen LogP contribution in [0.1, 0.15) is 63.6 Å². The van der Waals surface area contributed by atoms with E-state index >= 15 is 0 Å². The van der Waals surface area contributed by atoms with Gasteiger partial charge in [-0.2, -0.15) is 0 Å². The van der Waals surface area contributed by atoms with Gasteiger partial charge in [-0.3, -0.25) is 9.69 Å². The Bertz CT molecular complexity index is 580. The number of aromatic nitrogens is 2. The molecular formula is C20H32N4O. The summed E-state index contributed by atoms with van der Waals surface area (Å²) in [5.41, 5.74) is 0. The van der Waals surface area contributed by atoms with Crippen molar-refractivity contribution in [3.05, 3.63) is 18.2 Å². The van der Waals surface area contributed by atoms with Gasteiger partial charge in [0.1, 0.15) is 5.82 Å². The summed E-state index contributed by atoms with van der Waals surface area (Å²) in [4.78, 5) is 21.8. The fourth-order valence-corrected chi connectivity index (χ4v) is 4.69. The third-order valence-electron chi connectivity index (χ3n) is 6.64. The van der Waals surface area contributed by atoms with Crippen molar-refractivity contribution < 1.29 is 4.79 Å². The van der Waals surface area contributed by atoms with Gasteiger partial charge in [0.2, 0.25) is 5.91 Å². The molecule has 5 heteroatoms. The van der Waals surface area contributed by atoms with E-state index in [0.29, 0.717) is 11.8 Å². The second-order valence-electron chi connectivity index (χ2n) is 8.25.